The molecule has 5 heteroatoms. The van der Waals surface area contributed by atoms with E-state index in [1.807, 2.05) is 13.0 Å². The Balaban J connectivity index is 3.50. The summed E-state index contributed by atoms with van der Waals surface area (Å²) in [6.07, 6.45) is 3.57. The van der Waals surface area contributed by atoms with Crippen LogP contribution in [0.15, 0.2) is 12.3 Å². The minimum atomic E-state index is -0.525. The highest BCUT2D eigenvalue weighted by Gasteiger charge is 1.89. The molecule has 4 nitrogen and oxygen atoms in total. The van der Waals surface area contributed by atoms with Gasteiger partial charge in [-0.05, 0) is 6.92 Å². The van der Waals surface area contributed by atoms with Crippen molar-refractivity contribution < 1.29 is 4.79 Å². The molecule has 0 rings (SSSR count). The summed E-state index contributed by atoms with van der Waals surface area (Å²) in [5, 5.41) is 0. The molecule has 0 aliphatic heterocycles. The molecule has 3 N–H and O–H groups in total. The van der Waals surface area contributed by atoms with Crippen molar-refractivity contribution in [1.82, 2.24) is 10.1 Å². The molecule has 2 amide bonds. The van der Waals surface area contributed by atoms with E-state index in [4.69, 9.17) is 5.73 Å². The van der Waals surface area contributed by atoms with E-state index in [2.05, 4.69) is 5.43 Å². The van der Waals surface area contributed by atoms with Crippen molar-refractivity contribution in [1.29, 1.82) is 0 Å². The molecule has 0 atom stereocenters. The molecule has 52 valence electrons. The number of nitrogens with zero attached hydrogens (tertiary/aromatic N) is 1. The number of allylic oxidation sites excluding steroid dienone is 1. The number of rotatable bonds is 2. The minimum Gasteiger partial charge on any atom is -0.350 e. The van der Waals surface area contributed by atoms with Crippen LogP contribution in [0.2, 0.25) is 0 Å². The number of carbonyl (C=O) groups excluding carboxylic acids is 1. The number of nitrogens with two attached hydrogens (primary N) is 1. The Kier molecular flexibility index (Phi) is 3.53. The Morgan fingerprint density at radius 3 is 2.78 bits per heavy atom. The highest BCUT2D eigenvalue weighted by Crippen LogP contribution is 1.73. The first-order valence-electron chi connectivity index (χ1n) is 2.58. The lowest BCUT2D eigenvalue weighted by molar-refractivity contribution is 0.238. The van der Waals surface area contributed by atoms with Crippen molar-refractivity contribution in [3.63, 3.8) is 0 Å². The number of primary amides is 1. The van der Waals surface area contributed by atoms with E-state index in [9.17, 15) is 4.79 Å². The molecule has 0 fully saturated rings. The Hall–Kier alpha value is -0.973. The average Bonchev–Trinajstić information content (AvgIpc) is 1.63. The van der Waals surface area contributed by atoms with Gasteiger partial charge in [0.25, 0.3) is 0 Å². The van der Waals surface area contributed by atoms with Gasteiger partial charge in [0.1, 0.15) is 10.4 Å². The van der Waals surface area contributed by atoms with Gasteiger partial charge in [-0.25, -0.2) is 4.79 Å². The summed E-state index contributed by atoms with van der Waals surface area (Å²) >= 11 is 0. The molecular weight excluding hydrogens is 134 g/mol. The van der Waals surface area contributed by atoms with Crippen molar-refractivity contribution in [2.24, 2.45) is 5.73 Å². The Labute approximate surface area is 57.2 Å². The van der Waals surface area contributed by atoms with Crippen LogP contribution in [-0.2, 0) is 0 Å². The van der Waals surface area contributed by atoms with Crippen LogP contribution in [0.3, 0.4) is 0 Å². The van der Waals surface area contributed by atoms with Crippen LogP contribution < -0.4 is 11.2 Å². The zero-order valence-electron chi connectivity index (χ0n) is 5.59. The number of nitrogens with one attached hydrogen (secondary N) is 1. The number of hydrazine groups is 1. The van der Waals surface area contributed by atoms with Crippen molar-refractivity contribution in [3.05, 3.63) is 12.3 Å². The van der Waals surface area contributed by atoms with Gasteiger partial charge in [-0.1, -0.05) is 6.08 Å². The van der Waals surface area contributed by atoms with Crippen molar-refractivity contribution in [3.8, 4) is 0 Å². The Bertz CT molecular complexity index is 125. The molecule has 0 radical (unpaired) electrons. The lowest BCUT2D eigenvalue weighted by Gasteiger charge is -2.12. The molecular formula is C4H11N3OSi. The predicted molar refractivity (Wildman–Crippen MR) is 39.3 cm³/mol. The third kappa shape index (κ3) is 4.89. The SMILES string of the molecule is CC=CN([SiH3])NC(N)=O. The molecule has 0 aromatic heterocycles. The van der Waals surface area contributed by atoms with Gasteiger partial charge in [-0.2, -0.15) is 0 Å². The van der Waals surface area contributed by atoms with Crippen LogP contribution in [0.5, 0.6) is 0 Å². The first-order chi connectivity index (χ1) is 4.16. The van der Waals surface area contributed by atoms with Crippen LogP contribution in [-0.4, -0.2) is 21.1 Å². The number of carbonyl (C=O) groups is 1. The van der Waals surface area contributed by atoms with Gasteiger partial charge in [0.15, 0.2) is 0 Å². The summed E-state index contributed by atoms with van der Waals surface area (Å²) in [4.78, 5) is 10.1. The summed E-state index contributed by atoms with van der Waals surface area (Å²) in [7, 11) is 0.731. The summed E-state index contributed by atoms with van der Waals surface area (Å²) < 4.78 is 1.61. The molecule has 0 spiro atoms. The third-order valence-electron chi connectivity index (χ3n) is 0.659. The second-order valence-corrected chi connectivity index (χ2v) is 2.53. The number of hydrogen-bond donors (Lipinski definition) is 2. The van der Waals surface area contributed by atoms with Gasteiger partial charge in [0.05, 0.1) is 0 Å². The second-order valence-electron chi connectivity index (χ2n) is 1.57. The highest BCUT2D eigenvalue weighted by molar-refractivity contribution is 6.05. The second kappa shape index (κ2) is 3.96. The monoisotopic (exact) mass is 145 g/mol. The maximum atomic E-state index is 10.1. The minimum absolute atomic E-state index is 0.525. The van der Waals surface area contributed by atoms with Gasteiger partial charge < -0.3 is 10.4 Å². The number of urea groups is 1. The number of hydrogen-bond acceptors (Lipinski definition) is 2. The van der Waals surface area contributed by atoms with E-state index >= 15 is 0 Å². The standard InChI is InChI=1S/C4H11N3OSi/c1-2-3-7(9)6-4(5)8/h2-3H,1,9H3,(H3,5,6,8). The maximum Gasteiger partial charge on any atom is 0.330 e. The van der Waals surface area contributed by atoms with Crippen LogP contribution in [0.25, 0.3) is 0 Å². The summed E-state index contributed by atoms with van der Waals surface area (Å²) in [5.41, 5.74) is 7.21. The molecule has 0 bridgehead atoms. The van der Waals surface area contributed by atoms with Crippen molar-refractivity contribution in [2.45, 2.75) is 6.92 Å². The molecule has 0 aromatic carbocycles. The maximum absolute atomic E-state index is 10.1. The molecule has 0 saturated heterocycles. The van der Waals surface area contributed by atoms with E-state index in [1.165, 1.54) is 0 Å². The summed E-state index contributed by atoms with van der Waals surface area (Å²) in [5.74, 6) is 0. The zero-order chi connectivity index (χ0) is 7.28. The van der Waals surface area contributed by atoms with Gasteiger partial charge in [-0.15, -0.1) is 0 Å². The molecule has 0 aliphatic carbocycles. The Morgan fingerprint density at radius 2 is 2.44 bits per heavy atom. The summed E-state index contributed by atoms with van der Waals surface area (Å²) in [6.45, 7) is 1.87. The predicted octanol–water partition coefficient (Wildman–Crippen LogP) is -1.31. The third-order valence-corrected chi connectivity index (χ3v) is 1.18. The van der Waals surface area contributed by atoms with E-state index < -0.39 is 6.03 Å². The fraction of sp³-hybridized carbons (Fsp3) is 0.250. The smallest absolute Gasteiger partial charge is 0.330 e. The van der Waals surface area contributed by atoms with Crippen molar-refractivity contribution in [2.75, 3.05) is 0 Å². The number of amides is 2. The zero-order valence-corrected chi connectivity index (χ0v) is 7.59. The van der Waals surface area contributed by atoms with Crippen LogP contribution in [0.1, 0.15) is 6.92 Å². The van der Waals surface area contributed by atoms with E-state index in [0.29, 0.717) is 0 Å². The van der Waals surface area contributed by atoms with E-state index in [-0.39, 0.29) is 0 Å². The van der Waals surface area contributed by atoms with Crippen LogP contribution in [0, 0.1) is 0 Å². The topological polar surface area (TPSA) is 58.4 Å². The first kappa shape index (κ1) is 8.03. The van der Waals surface area contributed by atoms with Crippen LogP contribution in [0.4, 0.5) is 4.79 Å². The fourth-order valence-electron chi connectivity index (χ4n) is 0.435. The summed E-state index contributed by atoms with van der Waals surface area (Å²) in [6, 6.07) is -0.525. The lowest BCUT2D eigenvalue weighted by atomic mass is 10.7. The molecule has 0 aromatic rings. The molecule has 0 saturated carbocycles. The Morgan fingerprint density at radius 1 is 1.89 bits per heavy atom. The lowest BCUT2D eigenvalue weighted by Crippen LogP contribution is -2.40. The molecule has 9 heavy (non-hydrogen) atoms. The van der Waals surface area contributed by atoms with Crippen LogP contribution >= 0.6 is 0 Å². The normalized spacial score (nSPS) is 9.89. The van der Waals surface area contributed by atoms with Gasteiger partial charge in [0.2, 0.25) is 0 Å². The highest BCUT2D eigenvalue weighted by atomic mass is 28.2. The fourth-order valence-corrected chi connectivity index (χ4v) is 0.953. The quantitative estimate of drug-likeness (QED) is 0.374. The molecule has 0 heterocycles. The van der Waals surface area contributed by atoms with Gasteiger partial charge in [-0.3, -0.25) is 5.43 Å². The largest absolute Gasteiger partial charge is 0.350 e. The van der Waals surface area contributed by atoms with E-state index in [1.54, 1.807) is 10.9 Å². The average molecular weight is 145 g/mol. The molecule has 0 aliphatic rings. The first-order valence-corrected chi connectivity index (χ1v) is 3.48. The molecule has 0 unspecified atom stereocenters. The van der Waals surface area contributed by atoms with E-state index in [0.717, 1.165) is 10.4 Å². The van der Waals surface area contributed by atoms with Gasteiger partial charge in [0, 0.05) is 6.20 Å². The van der Waals surface area contributed by atoms with Gasteiger partial charge >= 0.3 is 6.03 Å². The van der Waals surface area contributed by atoms with Crippen molar-refractivity contribution >= 4 is 16.4 Å².